The zero-order valence-corrected chi connectivity index (χ0v) is 14.3. The van der Waals surface area contributed by atoms with Crippen molar-refractivity contribution in [2.45, 2.75) is 25.2 Å². The molecule has 0 aromatic heterocycles. The van der Waals surface area contributed by atoms with Gasteiger partial charge in [-0.1, -0.05) is 54.1 Å². The largest absolute Gasteiger partial charge is 0.462 e. The number of ketones is 1. The molecule has 0 N–H and O–H groups in total. The van der Waals surface area contributed by atoms with Gasteiger partial charge in [0, 0.05) is 17.0 Å². The second-order valence-corrected chi connectivity index (χ2v) is 5.90. The van der Waals surface area contributed by atoms with Crippen LogP contribution in [0.25, 0.3) is 0 Å². The van der Waals surface area contributed by atoms with Gasteiger partial charge in [-0.2, -0.15) is 8.78 Å². The number of carbonyl (C=O) groups excluding carboxylic acids is 2. The lowest BCUT2D eigenvalue weighted by molar-refractivity contribution is -0.172. The SMILES string of the molecule is CCOC(=O)C(F)(F)CC(C(=O)c1ccccc1)c1cccc(Cl)c1. The minimum Gasteiger partial charge on any atom is -0.462 e. The lowest BCUT2D eigenvalue weighted by atomic mass is 9.86. The van der Waals surface area contributed by atoms with Gasteiger partial charge in [0.05, 0.1) is 12.5 Å². The van der Waals surface area contributed by atoms with Crippen molar-refractivity contribution in [3.63, 3.8) is 0 Å². The van der Waals surface area contributed by atoms with Gasteiger partial charge in [-0.3, -0.25) is 4.79 Å². The van der Waals surface area contributed by atoms with E-state index in [1.54, 1.807) is 48.5 Å². The first-order valence-corrected chi connectivity index (χ1v) is 8.12. The first-order valence-electron chi connectivity index (χ1n) is 7.75. The van der Waals surface area contributed by atoms with E-state index in [2.05, 4.69) is 4.74 Å². The van der Waals surface area contributed by atoms with Crippen LogP contribution in [-0.4, -0.2) is 24.3 Å². The van der Waals surface area contributed by atoms with Crippen LogP contribution in [0.4, 0.5) is 8.78 Å². The van der Waals surface area contributed by atoms with E-state index in [4.69, 9.17) is 11.6 Å². The third-order valence-electron chi connectivity index (χ3n) is 3.66. The van der Waals surface area contributed by atoms with Gasteiger partial charge in [-0.05, 0) is 24.6 Å². The summed E-state index contributed by atoms with van der Waals surface area (Å²) in [6.45, 7) is 1.28. The molecule has 0 spiro atoms. The van der Waals surface area contributed by atoms with E-state index in [0.717, 1.165) is 0 Å². The average Bonchev–Trinajstić information content (AvgIpc) is 2.60. The number of carbonyl (C=O) groups is 2. The smallest absolute Gasteiger partial charge is 0.377 e. The number of Topliss-reactive ketones (excluding diaryl/α,β-unsaturated/α-hetero) is 1. The molecule has 1 unspecified atom stereocenters. The second-order valence-electron chi connectivity index (χ2n) is 5.47. The van der Waals surface area contributed by atoms with Crippen molar-refractivity contribution in [3.8, 4) is 0 Å². The zero-order valence-electron chi connectivity index (χ0n) is 13.5. The standard InChI is InChI=1S/C19H17ClF2O3/c1-2-25-18(24)19(21,22)12-16(14-9-6-10-15(20)11-14)17(23)13-7-4-3-5-8-13/h3-11,16H,2,12H2,1H3. The molecule has 2 aromatic rings. The number of alkyl halides is 2. The normalized spacial score (nSPS) is 12.5. The molecule has 0 saturated carbocycles. The fraction of sp³-hybridized carbons (Fsp3) is 0.263. The number of rotatable bonds is 7. The van der Waals surface area contributed by atoms with Gasteiger partial charge >= 0.3 is 11.9 Å². The van der Waals surface area contributed by atoms with Crippen LogP contribution in [0.15, 0.2) is 54.6 Å². The van der Waals surface area contributed by atoms with E-state index in [1.165, 1.54) is 13.0 Å². The zero-order chi connectivity index (χ0) is 18.4. The van der Waals surface area contributed by atoms with Gasteiger partial charge in [0.25, 0.3) is 0 Å². The molecule has 0 radical (unpaired) electrons. The highest BCUT2D eigenvalue weighted by molar-refractivity contribution is 6.30. The maximum absolute atomic E-state index is 14.3. The summed E-state index contributed by atoms with van der Waals surface area (Å²) in [5.74, 6) is -7.15. The molecule has 6 heteroatoms. The van der Waals surface area contributed by atoms with Crippen molar-refractivity contribution in [2.75, 3.05) is 6.61 Å². The molecule has 2 rings (SSSR count). The quantitative estimate of drug-likeness (QED) is 0.517. The lowest BCUT2D eigenvalue weighted by Gasteiger charge is -2.22. The van der Waals surface area contributed by atoms with Gasteiger partial charge in [-0.25, -0.2) is 4.79 Å². The van der Waals surface area contributed by atoms with Gasteiger partial charge in [0.15, 0.2) is 5.78 Å². The molecule has 0 heterocycles. The summed E-state index contributed by atoms with van der Waals surface area (Å²) in [5.41, 5.74) is 0.609. The van der Waals surface area contributed by atoms with Crippen molar-refractivity contribution in [1.29, 1.82) is 0 Å². The van der Waals surface area contributed by atoms with Crippen LogP contribution in [0.2, 0.25) is 5.02 Å². The Balaban J connectivity index is 2.39. The van der Waals surface area contributed by atoms with Crippen molar-refractivity contribution in [2.24, 2.45) is 0 Å². The first-order chi connectivity index (χ1) is 11.8. The van der Waals surface area contributed by atoms with Gasteiger partial charge in [-0.15, -0.1) is 0 Å². The van der Waals surface area contributed by atoms with E-state index in [-0.39, 0.29) is 12.2 Å². The average molecular weight is 367 g/mol. The van der Waals surface area contributed by atoms with Crippen LogP contribution in [0.5, 0.6) is 0 Å². The Kier molecular flexibility index (Phi) is 6.26. The fourth-order valence-electron chi connectivity index (χ4n) is 2.47. The summed E-state index contributed by atoms with van der Waals surface area (Å²) in [6.07, 6.45) is -0.986. The van der Waals surface area contributed by atoms with Crippen LogP contribution in [0, 0.1) is 0 Å². The molecule has 0 aliphatic rings. The maximum atomic E-state index is 14.3. The van der Waals surface area contributed by atoms with Gasteiger partial charge in [0.2, 0.25) is 0 Å². The summed E-state index contributed by atoms with van der Waals surface area (Å²) >= 11 is 5.93. The molecule has 0 fully saturated rings. The molecular weight excluding hydrogens is 350 g/mol. The summed E-state index contributed by atoms with van der Waals surface area (Å²) in [7, 11) is 0. The van der Waals surface area contributed by atoms with Crippen molar-refractivity contribution < 1.29 is 23.1 Å². The van der Waals surface area contributed by atoms with Crippen molar-refractivity contribution >= 4 is 23.4 Å². The summed E-state index contributed by atoms with van der Waals surface area (Å²) in [6, 6.07) is 14.2. The summed E-state index contributed by atoms with van der Waals surface area (Å²) in [5, 5.41) is 0.322. The van der Waals surface area contributed by atoms with E-state index in [1.807, 2.05) is 0 Å². The minimum atomic E-state index is -3.78. The summed E-state index contributed by atoms with van der Waals surface area (Å²) < 4.78 is 32.9. The molecule has 132 valence electrons. The first kappa shape index (κ1) is 19.1. The monoisotopic (exact) mass is 366 g/mol. The Labute approximate surface area is 149 Å². The third-order valence-corrected chi connectivity index (χ3v) is 3.90. The van der Waals surface area contributed by atoms with Gasteiger partial charge < -0.3 is 4.74 Å². The maximum Gasteiger partial charge on any atom is 0.377 e. The number of benzene rings is 2. The number of hydrogen-bond donors (Lipinski definition) is 0. The fourth-order valence-corrected chi connectivity index (χ4v) is 2.66. The molecule has 25 heavy (non-hydrogen) atoms. The van der Waals surface area contributed by atoms with Crippen LogP contribution in [-0.2, 0) is 9.53 Å². The van der Waals surface area contributed by atoms with Crippen LogP contribution < -0.4 is 0 Å². The van der Waals surface area contributed by atoms with Crippen LogP contribution in [0.3, 0.4) is 0 Å². The number of hydrogen-bond acceptors (Lipinski definition) is 3. The van der Waals surface area contributed by atoms with E-state index >= 15 is 0 Å². The highest BCUT2D eigenvalue weighted by atomic mass is 35.5. The highest BCUT2D eigenvalue weighted by Gasteiger charge is 2.44. The van der Waals surface area contributed by atoms with E-state index < -0.39 is 30.0 Å². The molecule has 1 atom stereocenters. The molecule has 0 amide bonds. The molecule has 2 aromatic carbocycles. The van der Waals surface area contributed by atoms with Crippen molar-refractivity contribution in [3.05, 3.63) is 70.7 Å². The Morgan fingerprint density at radius 2 is 1.80 bits per heavy atom. The van der Waals surface area contributed by atoms with Crippen molar-refractivity contribution in [1.82, 2.24) is 0 Å². The molecule has 0 aliphatic carbocycles. The predicted molar refractivity (Wildman–Crippen MR) is 91.2 cm³/mol. The Hall–Kier alpha value is -2.27. The topological polar surface area (TPSA) is 43.4 Å². The molecule has 0 bridgehead atoms. The molecule has 0 aliphatic heterocycles. The third kappa shape index (κ3) is 4.86. The summed E-state index contributed by atoms with van der Waals surface area (Å²) in [4.78, 5) is 24.3. The molecule has 3 nitrogen and oxygen atoms in total. The molecular formula is C19H17ClF2O3. The number of esters is 1. The predicted octanol–water partition coefficient (Wildman–Crippen LogP) is 4.90. The Bertz CT molecular complexity index is 747. The minimum absolute atomic E-state index is 0.164. The van der Waals surface area contributed by atoms with Crippen LogP contribution in [0.1, 0.15) is 35.2 Å². The lowest BCUT2D eigenvalue weighted by Crippen LogP contribution is -2.34. The van der Waals surface area contributed by atoms with E-state index in [9.17, 15) is 18.4 Å². The number of halogens is 3. The Morgan fingerprint density at radius 1 is 1.12 bits per heavy atom. The Morgan fingerprint density at radius 3 is 2.40 bits per heavy atom. The highest BCUT2D eigenvalue weighted by Crippen LogP contribution is 2.34. The van der Waals surface area contributed by atoms with E-state index in [0.29, 0.717) is 10.6 Å². The number of ether oxygens (including phenoxy) is 1. The second kappa shape index (κ2) is 8.21. The molecule has 0 saturated heterocycles. The van der Waals surface area contributed by atoms with Crippen LogP contribution >= 0.6 is 11.6 Å². The van der Waals surface area contributed by atoms with Gasteiger partial charge in [0.1, 0.15) is 0 Å².